The van der Waals surface area contributed by atoms with E-state index in [9.17, 15) is 4.79 Å². The molecule has 0 aliphatic heterocycles. The molecule has 2 nitrogen and oxygen atoms in total. The maximum absolute atomic E-state index is 10.4. The van der Waals surface area contributed by atoms with Gasteiger partial charge in [-0.25, -0.2) is 0 Å². The standard InChI is InChI=1S/C21H38O2Si/c1-17(2)20(23-24(8,9)21(5,6)7)14-13-18(3)11-10-12-19(4)15-16-22/h11,15-16,20H,1,10,12-14H2,2-9H3/b18-11+,19-15+. The minimum atomic E-state index is -1.77. The molecule has 0 amide bonds. The molecule has 0 aromatic rings. The predicted octanol–water partition coefficient (Wildman–Crippen LogP) is 6.60. The number of carbonyl (C=O) groups is 1. The SMILES string of the molecule is C=C(C)C(CC/C(C)=C/CC/C(C)=C/C=O)O[Si](C)(C)C(C)(C)C. The number of hydrogen-bond acceptors (Lipinski definition) is 2. The molecule has 0 saturated heterocycles. The summed E-state index contributed by atoms with van der Waals surface area (Å²) in [5, 5.41) is 0.216. The Balaban J connectivity index is 4.62. The van der Waals surface area contributed by atoms with Gasteiger partial charge in [0.25, 0.3) is 0 Å². The van der Waals surface area contributed by atoms with Gasteiger partial charge in [0.1, 0.15) is 6.29 Å². The van der Waals surface area contributed by atoms with E-state index in [-0.39, 0.29) is 11.1 Å². The third-order valence-corrected chi connectivity index (χ3v) is 9.46. The van der Waals surface area contributed by atoms with E-state index in [4.69, 9.17) is 4.43 Å². The number of allylic oxidation sites excluding steroid dienone is 4. The summed E-state index contributed by atoms with van der Waals surface area (Å²) in [5.74, 6) is 0. The first-order valence-electron chi connectivity index (χ1n) is 9.00. The van der Waals surface area contributed by atoms with Crippen molar-refractivity contribution in [3.05, 3.63) is 35.5 Å². The highest BCUT2D eigenvalue weighted by atomic mass is 28.4. The molecule has 3 heteroatoms. The van der Waals surface area contributed by atoms with E-state index in [2.05, 4.69) is 60.4 Å². The summed E-state index contributed by atoms with van der Waals surface area (Å²) in [7, 11) is -1.77. The Bertz CT molecular complexity index is 479. The van der Waals surface area contributed by atoms with Crippen LogP contribution in [0.1, 0.15) is 67.2 Å². The first-order valence-corrected chi connectivity index (χ1v) is 11.9. The third kappa shape index (κ3) is 8.79. The van der Waals surface area contributed by atoms with Crippen molar-refractivity contribution >= 4 is 14.6 Å². The molecule has 0 rings (SSSR count). The molecule has 0 aromatic carbocycles. The lowest BCUT2D eigenvalue weighted by molar-refractivity contribution is -0.104. The molecule has 24 heavy (non-hydrogen) atoms. The van der Waals surface area contributed by atoms with Crippen molar-refractivity contribution in [1.82, 2.24) is 0 Å². The minimum absolute atomic E-state index is 0.144. The molecule has 0 aliphatic carbocycles. The van der Waals surface area contributed by atoms with Crippen LogP contribution in [0.2, 0.25) is 18.1 Å². The Morgan fingerprint density at radius 1 is 1.12 bits per heavy atom. The van der Waals surface area contributed by atoms with Gasteiger partial charge in [-0.1, -0.05) is 50.1 Å². The van der Waals surface area contributed by atoms with E-state index < -0.39 is 8.32 Å². The Morgan fingerprint density at radius 3 is 2.17 bits per heavy atom. The zero-order valence-corrected chi connectivity index (χ0v) is 18.2. The van der Waals surface area contributed by atoms with Gasteiger partial charge in [0.15, 0.2) is 8.32 Å². The number of hydrogen-bond donors (Lipinski definition) is 0. The van der Waals surface area contributed by atoms with Crippen LogP contribution >= 0.6 is 0 Å². The fraction of sp³-hybridized carbons (Fsp3) is 0.667. The zero-order valence-electron chi connectivity index (χ0n) is 17.2. The molecule has 0 aliphatic rings. The van der Waals surface area contributed by atoms with Crippen LogP contribution in [0.4, 0.5) is 0 Å². The van der Waals surface area contributed by atoms with Gasteiger partial charge in [-0.15, -0.1) is 0 Å². The molecule has 0 bridgehead atoms. The second-order valence-corrected chi connectivity index (χ2v) is 13.2. The van der Waals surface area contributed by atoms with Gasteiger partial charge in [0, 0.05) is 0 Å². The molecule has 0 saturated carbocycles. The first-order chi connectivity index (χ1) is 10.9. The van der Waals surface area contributed by atoms with Crippen LogP contribution in [0.5, 0.6) is 0 Å². The smallest absolute Gasteiger partial charge is 0.192 e. The summed E-state index contributed by atoms with van der Waals surface area (Å²) in [6, 6.07) is 0. The summed E-state index contributed by atoms with van der Waals surface area (Å²) in [4.78, 5) is 10.4. The molecular formula is C21H38O2Si. The molecule has 0 aromatic heterocycles. The molecule has 0 fully saturated rings. The van der Waals surface area contributed by atoms with Crippen molar-refractivity contribution in [2.24, 2.45) is 0 Å². The number of carbonyl (C=O) groups excluding carboxylic acids is 1. The lowest BCUT2D eigenvalue weighted by atomic mass is 10.0. The van der Waals surface area contributed by atoms with E-state index >= 15 is 0 Å². The van der Waals surface area contributed by atoms with Crippen LogP contribution in [0.25, 0.3) is 0 Å². The molecular weight excluding hydrogens is 312 g/mol. The monoisotopic (exact) mass is 350 g/mol. The van der Waals surface area contributed by atoms with E-state index in [1.807, 2.05) is 6.92 Å². The lowest BCUT2D eigenvalue weighted by Crippen LogP contribution is -2.44. The van der Waals surface area contributed by atoms with Gasteiger partial charge in [-0.05, 0) is 70.7 Å². The van der Waals surface area contributed by atoms with E-state index in [0.717, 1.165) is 43.1 Å². The van der Waals surface area contributed by atoms with Crippen LogP contribution in [0.3, 0.4) is 0 Å². The van der Waals surface area contributed by atoms with Crippen molar-refractivity contribution < 1.29 is 9.22 Å². The lowest BCUT2D eigenvalue weighted by Gasteiger charge is -2.39. The van der Waals surface area contributed by atoms with Gasteiger partial charge in [0.2, 0.25) is 0 Å². The highest BCUT2D eigenvalue weighted by Crippen LogP contribution is 2.38. The van der Waals surface area contributed by atoms with Crippen molar-refractivity contribution in [1.29, 1.82) is 0 Å². The third-order valence-electron chi connectivity index (χ3n) is 4.98. The van der Waals surface area contributed by atoms with Crippen LogP contribution in [-0.4, -0.2) is 20.7 Å². The van der Waals surface area contributed by atoms with E-state index in [0.29, 0.717) is 0 Å². The maximum Gasteiger partial charge on any atom is 0.192 e. The summed E-state index contributed by atoms with van der Waals surface area (Å²) in [5.41, 5.74) is 3.64. The van der Waals surface area contributed by atoms with Crippen LogP contribution in [0, 0.1) is 0 Å². The maximum atomic E-state index is 10.4. The summed E-state index contributed by atoms with van der Waals surface area (Å²) in [6.07, 6.45) is 8.89. The average Bonchev–Trinajstić information content (AvgIpc) is 2.42. The fourth-order valence-electron chi connectivity index (χ4n) is 2.14. The van der Waals surface area contributed by atoms with Gasteiger partial charge in [-0.3, -0.25) is 4.79 Å². The molecule has 0 N–H and O–H groups in total. The van der Waals surface area contributed by atoms with Crippen molar-refractivity contribution in [3.63, 3.8) is 0 Å². The second-order valence-electron chi connectivity index (χ2n) is 8.49. The summed E-state index contributed by atoms with van der Waals surface area (Å²) < 4.78 is 6.55. The normalized spacial score (nSPS) is 15.3. The number of rotatable bonds is 10. The molecule has 0 radical (unpaired) electrons. The molecule has 0 heterocycles. The highest BCUT2D eigenvalue weighted by molar-refractivity contribution is 6.74. The second kappa shape index (κ2) is 10.1. The van der Waals surface area contributed by atoms with Crippen molar-refractivity contribution in [3.8, 4) is 0 Å². The van der Waals surface area contributed by atoms with E-state index in [1.165, 1.54) is 5.57 Å². The van der Waals surface area contributed by atoms with Gasteiger partial charge < -0.3 is 4.43 Å². The van der Waals surface area contributed by atoms with Gasteiger partial charge in [0.05, 0.1) is 6.10 Å². The highest BCUT2D eigenvalue weighted by Gasteiger charge is 2.39. The Hall–Kier alpha value is -0.933. The fourth-order valence-corrected chi connectivity index (χ4v) is 3.53. The van der Waals surface area contributed by atoms with Crippen molar-refractivity contribution in [2.75, 3.05) is 0 Å². The quantitative estimate of drug-likeness (QED) is 0.192. The van der Waals surface area contributed by atoms with Crippen LogP contribution in [-0.2, 0) is 9.22 Å². The van der Waals surface area contributed by atoms with Gasteiger partial charge in [-0.2, -0.15) is 0 Å². The predicted molar refractivity (Wildman–Crippen MR) is 109 cm³/mol. The Morgan fingerprint density at radius 2 is 1.71 bits per heavy atom. The van der Waals surface area contributed by atoms with Crippen LogP contribution in [0.15, 0.2) is 35.5 Å². The van der Waals surface area contributed by atoms with Crippen LogP contribution < -0.4 is 0 Å². The Kier molecular flexibility index (Phi) is 9.75. The number of aldehydes is 1. The summed E-state index contributed by atoms with van der Waals surface area (Å²) in [6.45, 7) is 21.8. The minimum Gasteiger partial charge on any atom is -0.410 e. The first kappa shape index (κ1) is 23.1. The summed E-state index contributed by atoms with van der Waals surface area (Å²) >= 11 is 0. The zero-order chi connectivity index (χ0) is 19.0. The topological polar surface area (TPSA) is 26.3 Å². The average molecular weight is 351 g/mol. The van der Waals surface area contributed by atoms with Gasteiger partial charge >= 0.3 is 0 Å². The molecule has 1 unspecified atom stereocenters. The van der Waals surface area contributed by atoms with E-state index in [1.54, 1.807) is 6.08 Å². The molecule has 138 valence electrons. The largest absolute Gasteiger partial charge is 0.410 e. The molecule has 0 spiro atoms. The Labute approximate surface area is 151 Å². The molecule has 1 atom stereocenters. The van der Waals surface area contributed by atoms with Crippen molar-refractivity contribution in [2.45, 2.75) is 91.5 Å².